The summed E-state index contributed by atoms with van der Waals surface area (Å²) in [6.45, 7) is 2.59. The smallest absolute Gasteiger partial charge is 0.277 e. The molecular formula is C21H21ClN8O2. The van der Waals surface area contributed by atoms with Crippen molar-refractivity contribution in [3.63, 3.8) is 0 Å². The quantitative estimate of drug-likeness (QED) is 0.462. The number of aromatic nitrogens is 4. The third-order valence-electron chi connectivity index (χ3n) is 4.78. The monoisotopic (exact) mass is 452 g/mol. The van der Waals surface area contributed by atoms with Crippen LogP contribution in [0.1, 0.15) is 39.1 Å². The molecule has 1 atom stereocenters. The molecule has 0 saturated carbocycles. The van der Waals surface area contributed by atoms with Crippen LogP contribution in [-0.4, -0.2) is 51.6 Å². The molecule has 1 aliphatic heterocycles. The SMILES string of the molecule is O=C(Nc1cccnc1C(=O)Nc1ccc(Cl)cn1)c1ccc(C2CNCCCN2)nn1. The molecule has 4 heterocycles. The first-order chi connectivity index (χ1) is 15.6. The molecule has 11 heteroatoms. The summed E-state index contributed by atoms with van der Waals surface area (Å²) in [5, 5.41) is 20.7. The van der Waals surface area contributed by atoms with Crippen LogP contribution in [0.3, 0.4) is 0 Å². The fourth-order valence-electron chi connectivity index (χ4n) is 3.17. The highest BCUT2D eigenvalue weighted by Crippen LogP contribution is 2.17. The summed E-state index contributed by atoms with van der Waals surface area (Å²) in [6, 6.07) is 9.79. The largest absolute Gasteiger partial charge is 0.318 e. The number of rotatable bonds is 5. The summed E-state index contributed by atoms with van der Waals surface area (Å²) < 4.78 is 0. The van der Waals surface area contributed by atoms with E-state index in [1.807, 2.05) is 0 Å². The van der Waals surface area contributed by atoms with E-state index in [1.165, 1.54) is 12.4 Å². The van der Waals surface area contributed by atoms with Gasteiger partial charge in [0.15, 0.2) is 11.4 Å². The Morgan fingerprint density at radius 1 is 1.00 bits per heavy atom. The molecule has 2 amide bonds. The standard InChI is InChI=1S/C21H21ClN8O2/c22-13-4-7-18(26-11-13)28-21(32)19-15(3-1-9-25-19)27-20(31)16-6-5-14(29-30-16)17-12-23-8-2-10-24-17/h1,3-7,9,11,17,23-24H,2,8,10,12H2,(H,27,31)(H,26,28,32). The fraction of sp³-hybridized carbons (Fsp3) is 0.238. The van der Waals surface area contributed by atoms with Gasteiger partial charge in [0.2, 0.25) is 0 Å². The minimum Gasteiger partial charge on any atom is -0.318 e. The van der Waals surface area contributed by atoms with Crippen LogP contribution >= 0.6 is 11.6 Å². The van der Waals surface area contributed by atoms with E-state index in [9.17, 15) is 9.59 Å². The zero-order valence-electron chi connectivity index (χ0n) is 17.0. The van der Waals surface area contributed by atoms with E-state index in [1.54, 1.807) is 36.4 Å². The lowest BCUT2D eigenvalue weighted by Crippen LogP contribution is -2.28. The van der Waals surface area contributed by atoms with Gasteiger partial charge in [-0.1, -0.05) is 11.6 Å². The second-order valence-electron chi connectivity index (χ2n) is 7.08. The zero-order chi connectivity index (χ0) is 22.3. The van der Waals surface area contributed by atoms with Crippen molar-refractivity contribution in [1.29, 1.82) is 0 Å². The molecule has 0 spiro atoms. The normalized spacial score (nSPS) is 16.1. The highest BCUT2D eigenvalue weighted by atomic mass is 35.5. The summed E-state index contributed by atoms with van der Waals surface area (Å²) in [7, 11) is 0. The van der Waals surface area contributed by atoms with Crippen molar-refractivity contribution in [3.05, 3.63) is 70.9 Å². The number of hydrogen-bond acceptors (Lipinski definition) is 8. The van der Waals surface area contributed by atoms with Gasteiger partial charge in [-0.3, -0.25) is 9.59 Å². The molecule has 164 valence electrons. The Morgan fingerprint density at radius 3 is 2.69 bits per heavy atom. The number of carbonyl (C=O) groups excluding carboxylic acids is 2. The number of nitrogens with one attached hydrogen (secondary N) is 4. The highest BCUT2D eigenvalue weighted by Gasteiger charge is 2.19. The van der Waals surface area contributed by atoms with Crippen LogP contribution < -0.4 is 21.3 Å². The molecule has 1 aliphatic rings. The summed E-state index contributed by atoms with van der Waals surface area (Å²) >= 11 is 5.81. The lowest BCUT2D eigenvalue weighted by Gasteiger charge is -2.14. The van der Waals surface area contributed by atoms with Crippen molar-refractivity contribution < 1.29 is 9.59 Å². The minimum atomic E-state index is -0.524. The molecule has 0 bridgehead atoms. The molecule has 32 heavy (non-hydrogen) atoms. The van der Waals surface area contributed by atoms with Gasteiger partial charge < -0.3 is 21.3 Å². The molecule has 4 rings (SSSR count). The Hall–Kier alpha value is -3.47. The number of amides is 2. The van der Waals surface area contributed by atoms with E-state index in [2.05, 4.69) is 41.4 Å². The van der Waals surface area contributed by atoms with Crippen molar-refractivity contribution >= 4 is 34.9 Å². The van der Waals surface area contributed by atoms with Gasteiger partial charge in [0.05, 0.1) is 22.4 Å². The van der Waals surface area contributed by atoms with E-state index in [4.69, 9.17) is 11.6 Å². The van der Waals surface area contributed by atoms with Crippen LogP contribution in [0.5, 0.6) is 0 Å². The van der Waals surface area contributed by atoms with Gasteiger partial charge in [0.25, 0.3) is 11.8 Å². The first kappa shape index (κ1) is 21.8. The van der Waals surface area contributed by atoms with E-state index in [0.717, 1.165) is 31.7 Å². The summed E-state index contributed by atoms with van der Waals surface area (Å²) in [6.07, 6.45) is 3.92. The first-order valence-electron chi connectivity index (χ1n) is 10.1. The number of carbonyl (C=O) groups is 2. The average molecular weight is 453 g/mol. The molecule has 1 unspecified atom stereocenters. The Bertz CT molecular complexity index is 1080. The fourth-order valence-corrected chi connectivity index (χ4v) is 3.28. The van der Waals surface area contributed by atoms with Crippen molar-refractivity contribution in [2.75, 3.05) is 30.3 Å². The maximum Gasteiger partial charge on any atom is 0.277 e. The van der Waals surface area contributed by atoms with Gasteiger partial charge in [0, 0.05) is 18.9 Å². The van der Waals surface area contributed by atoms with E-state index >= 15 is 0 Å². The predicted molar refractivity (Wildman–Crippen MR) is 120 cm³/mol. The second kappa shape index (κ2) is 10.2. The van der Waals surface area contributed by atoms with Crippen LogP contribution in [0.25, 0.3) is 0 Å². The molecule has 10 nitrogen and oxygen atoms in total. The Labute approximate surface area is 189 Å². The molecule has 0 radical (unpaired) electrons. The van der Waals surface area contributed by atoms with Gasteiger partial charge in [0.1, 0.15) is 5.82 Å². The number of hydrogen-bond donors (Lipinski definition) is 4. The van der Waals surface area contributed by atoms with E-state index < -0.39 is 11.8 Å². The number of halogens is 1. The van der Waals surface area contributed by atoms with E-state index in [0.29, 0.717) is 10.8 Å². The molecule has 3 aromatic heterocycles. The van der Waals surface area contributed by atoms with Gasteiger partial charge in [-0.05, 0) is 55.9 Å². The molecule has 3 aromatic rings. The first-order valence-corrected chi connectivity index (χ1v) is 10.4. The lowest BCUT2D eigenvalue weighted by atomic mass is 10.2. The predicted octanol–water partition coefficient (Wildman–Crippen LogP) is 2.05. The third-order valence-corrected chi connectivity index (χ3v) is 5.01. The van der Waals surface area contributed by atoms with Crippen molar-refractivity contribution in [3.8, 4) is 0 Å². The Morgan fingerprint density at radius 2 is 1.91 bits per heavy atom. The van der Waals surface area contributed by atoms with Crippen molar-refractivity contribution in [2.24, 2.45) is 0 Å². The molecule has 1 fully saturated rings. The van der Waals surface area contributed by atoms with Gasteiger partial charge in [-0.15, -0.1) is 5.10 Å². The highest BCUT2D eigenvalue weighted by molar-refractivity contribution is 6.30. The number of anilines is 2. The topological polar surface area (TPSA) is 134 Å². The average Bonchev–Trinajstić information content (AvgIpc) is 3.11. The molecule has 1 saturated heterocycles. The maximum atomic E-state index is 12.7. The van der Waals surface area contributed by atoms with Crippen LogP contribution in [-0.2, 0) is 0 Å². The third kappa shape index (κ3) is 5.41. The lowest BCUT2D eigenvalue weighted by molar-refractivity contribution is 0.102. The van der Waals surface area contributed by atoms with Crippen LogP contribution in [0.4, 0.5) is 11.5 Å². The van der Waals surface area contributed by atoms with Crippen LogP contribution in [0.15, 0.2) is 48.8 Å². The van der Waals surface area contributed by atoms with Gasteiger partial charge >= 0.3 is 0 Å². The summed E-state index contributed by atoms with van der Waals surface area (Å²) in [4.78, 5) is 33.5. The number of pyridine rings is 2. The van der Waals surface area contributed by atoms with Crippen molar-refractivity contribution in [1.82, 2.24) is 30.8 Å². The van der Waals surface area contributed by atoms with Crippen LogP contribution in [0, 0.1) is 0 Å². The van der Waals surface area contributed by atoms with E-state index in [-0.39, 0.29) is 23.1 Å². The summed E-state index contributed by atoms with van der Waals surface area (Å²) in [5.74, 6) is -0.711. The Kier molecular flexibility index (Phi) is 6.95. The van der Waals surface area contributed by atoms with Crippen LogP contribution in [0.2, 0.25) is 5.02 Å². The van der Waals surface area contributed by atoms with Gasteiger partial charge in [-0.2, -0.15) is 5.10 Å². The molecule has 4 N–H and O–H groups in total. The minimum absolute atomic E-state index is 0.0379. The summed E-state index contributed by atoms with van der Waals surface area (Å²) in [5.41, 5.74) is 1.16. The zero-order valence-corrected chi connectivity index (χ0v) is 17.8. The Balaban J connectivity index is 1.45. The second-order valence-corrected chi connectivity index (χ2v) is 7.51. The van der Waals surface area contributed by atoms with Gasteiger partial charge in [-0.25, -0.2) is 9.97 Å². The maximum absolute atomic E-state index is 12.7. The molecular weight excluding hydrogens is 432 g/mol. The van der Waals surface area contributed by atoms with Crippen molar-refractivity contribution in [2.45, 2.75) is 12.5 Å². The molecule has 0 aliphatic carbocycles. The number of nitrogens with zero attached hydrogens (tertiary/aromatic N) is 4. The molecule has 0 aromatic carbocycles.